The molecule has 5 heteroatoms. The second-order valence-corrected chi connectivity index (χ2v) is 5.74. The number of rotatable bonds is 4. The zero-order valence-electron chi connectivity index (χ0n) is 11.6. The number of amides is 1. The molecule has 1 unspecified atom stereocenters. The van der Waals surface area contributed by atoms with Gasteiger partial charge in [0, 0.05) is 17.9 Å². The molecule has 1 saturated heterocycles. The van der Waals surface area contributed by atoms with E-state index in [0.717, 1.165) is 31.0 Å². The molecule has 1 aromatic carbocycles. The number of nitrogens with zero attached hydrogens (tertiary/aromatic N) is 1. The van der Waals surface area contributed by atoms with Crippen LogP contribution in [0.25, 0.3) is 0 Å². The van der Waals surface area contributed by atoms with Crippen LogP contribution in [0.1, 0.15) is 36.0 Å². The van der Waals surface area contributed by atoms with Crippen LogP contribution in [0.15, 0.2) is 18.2 Å². The third-order valence-electron chi connectivity index (χ3n) is 3.74. The third kappa shape index (κ3) is 3.14. The lowest BCUT2D eigenvalue weighted by molar-refractivity contribution is 0.0601. The number of carbonyl (C=O) groups excluding carboxylic acids is 1. The predicted octanol–water partition coefficient (Wildman–Crippen LogP) is 3.61. The highest BCUT2D eigenvalue weighted by atomic mass is 79.9. The Labute approximate surface area is 127 Å². The van der Waals surface area contributed by atoms with Gasteiger partial charge in [-0.2, -0.15) is 0 Å². The van der Waals surface area contributed by atoms with Gasteiger partial charge in [0.15, 0.2) is 0 Å². The molecule has 0 saturated carbocycles. The van der Waals surface area contributed by atoms with E-state index in [9.17, 15) is 9.18 Å². The maximum atomic E-state index is 14.0. The topological polar surface area (TPSA) is 29.5 Å². The number of likely N-dealkylation sites (tertiary alicyclic amines) is 1. The Kier molecular flexibility index (Phi) is 5.40. The van der Waals surface area contributed by atoms with Crippen molar-refractivity contribution in [1.82, 2.24) is 4.90 Å². The number of ether oxygens (including phenoxy) is 1. The van der Waals surface area contributed by atoms with Crippen LogP contribution in [0, 0.1) is 5.82 Å². The first-order valence-corrected chi connectivity index (χ1v) is 8.00. The summed E-state index contributed by atoms with van der Waals surface area (Å²) < 4.78 is 19.2. The van der Waals surface area contributed by atoms with Gasteiger partial charge in [0.1, 0.15) is 17.1 Å². The van der Waals surface area contributed by atoms with Gasteiger partial charge in [0.05, 0.1) is 7.11 Å². The number of benzene rings is 1. The van der Waals surface area contributed by atoms with Crippen LogP contribution in [0.5, 0.6) is 5.75 Å². The van der Waals surface area contributed by atoms with Crippen molar-refractivity contribution in [1.29, 1.82) is 0 Å². The Morgan fingerprint density at radius 3 is 3.00 bits per heavy atom. The number of halogens is 2. The number of alkyl halides is 1. The van der Waals surface area contributed by atoms with Gasteiger partial charge in [-0.15, -0.1) is 0 Å². The molecule has 1 heterocycles. The van der Waals surface area contributed by atoms with Crippen LogP contribution >= 0.6 is 15.9 Å². The summed E-state index contributed by atoms with van der Waals surface area (Å²) in [5.41, 5.74) is 0.0523. The third-order valence-corrected chi connectivity index (χ3v) is 4.20. The minimum Gasteiger partial charge on any atom is -0.496 e. The van der Waals surface area contributed by atoms with Gasteiger partial charge in [-0.05, 0) is 37.8 Å². The molecule has 0 spiro atoms. The van der Waals surface area contributed by atoms with Crippen molar-refractivity contribution >= 4 is 21.8 Å². The number of methoxy groups -OCH3 is 1. The zero-order chi connectivity index (χ0) is 14.5. The normalized spacial score (nSPS) is 18.9. The molecule has 0 N–H and O–H groups in total. The van der Waals surface area contributed by atoms with Crippen molar-refractivity contribution < 1.29 is 13.9 Å². The summed E-state index contributed by atoms with van der Waals surface area (Å²) in [4.78, 5) is 14.5. The van der Waals surface area contributed by atoms with Crippen molar-refractivity contribution in [2.24, 2.45) is 0 Å². The summed E-state index contributed by atoms with van der Waals surface area (Å²) in [7, 11) is 1.46. The smallest absolute Gasteiger partial charge is 0.260 e. The van der Waals surface area contributed by atoms with Crippen LogP contribution in [-0.4, -0.2) is 35.8 Å². The Morgan fingerprint density at radius 1 is 1.50 bits per heavy atom. The van der Waals surface area contributed by atoms with Crippen LogP contribution < -0.4 is 4.74 Å². The molecular formula is C15H19BrFNO2. The summed E-state index contributed by atoms with van der Waals surface area (Å²) in [6, 6.07) is 4.66. The van der Waals surface area contributed by atoms with Gasteiger partial charge >= 0.3 is 0 Å². The highest BCUT2D eigenvalue weighted by Crippen LogP contribution is 2.27. The van der Waals surface area contributed by atoms with E-state index in [0.29, 0.717) is 12.3 Å². The summed E-state index contributed by atoms with van der Waals surface area (Å²) >= 11 is 3.42. The minimum absolute atomic E-state index is 0.0523. The van der Waals surface area contributed by atoms with Gasteiger partial charge in [-0.25, -0.2) is 4.39 Å². The van der Waals surface area contributed by atoms with Crippen LogP contribution in [-0.2, 0) is 0 Å². The molecule has 1 atom stereocenters. The Morgan fingerprint density at radius 2 is 2.30 bits per heavy atom. The van der Waals surface area contributed by atoms with Crippen molar-refractivity contribution in [3.63, 3.8) is 0 Å². The summed E-state index contributed by atoms with van der Waals surface area (Å²) in [6.07, 6.45) is 3.97. The van der Waals surface area contributed by atoms with Crippen molar-refractivity contribution in [3.8, 4) is 5.75 Å². The molecule has 0 aromatic heterocycles. The van der Waals surface area contributed by atoms with E-state index in [1.165, 1.54) is 13.2 Å². The van der Waals surface area contributed by atoms with Crippen LogP contribution in [0.4, 0.5) is 4.39 Å². The summed E-state index contributed by atoms with van der Waals surface area (Å²) in [5.74, 6) is -0.471. The van der Waals surface area contributed by atoms with Crippen molar-refractivity contribution in [2.75, 3.05) is 19.0 Å². The maximum Gasteiger partial charge on any atom is 0.260 e. The molecule has 0 aliphatic carbocycles. The molecule has 2 rings (SSSR count). The van der Waals surface area contributed by atoms with E-state index < -0.39 is 5.82 Å². The summed E-state index contributed by atoms with van der Waals surface area (Å²) in [5, 5.41) is 0.843. The monoisotopic (exact) mass is 343 g/mol. The second-order valence-electron chi connectivity index (χ2n) is 4.94. The quantitative estimate of drug-likeness (QED) is 0.781. The fourth-order valence-electron chi connectivity index (χ4n) is 2.72. The molecule has 110 valence electrons. The molecule has 3 nitrogen and oxygen atoms in total. The Balaban J connectivity index is 2.29. The fourth-order valence-corrected chi connectivity index (χ4v) is 3.25. The van der Waals surface area contributed by atoms with Gasteiger partial charge in [0.25, 0.3) is 5.91 Å². The standard InChI is InChI=1S/C15H19BrFNO2/c1-20-13-7-4-6-12(17)14(13)15(19)18-10-3-2-5-11(18)8-9-16/h4,6-7,11H,2-3,5,8-10H2,1H3. The van der Waals surface area contributed by atoms with Crippen molar-refractivity contribution in [3.05, 3.63) is 29.6 Å². The van der Waals surface area contributed by atoms with Gasteiger partial charge in [-0.1, -0.05) is 22.0 Å². The Bertz CT molecular complexity index is 479. The average Bonchev–Trinajstić information content (AvgIpc) is 2.47. The lowest BCUT2D eigenvalue weighted by Crippen LogP contribution is -2.44. The van der Waals surface area contributed by atoms with E-state index in [-0.39, 0.29) is 17.5 Å². The fraction of sp³-hybridized carbons (Fsp3) is 0.533. The first kappa shape index (κ1) is 15.3. The largest absolute Gasteiger partial charge is 0.496 e. The van der Waals surface area contributed by atoms with E-state index in [1.54, 1.807) is 17.0 Å². The van der Waals surface area contributed by atoms with Gasteiger partial charge in [-0.3, -0.25) is 4.79 Å². The molecule has 1 aliphatic heterocycles. The SMILES string of the molecule is COc1cccc(F)c1C(=O)N1CCCCC1CCBr. The zero-order valence-corrected chi connectivity index (χ0v) is 13.2. The van der Waals surface area contributed by atoms with E-state index in [1.807, 2.05) is 0 Å². The van der Waals surface area contributed by atoms with Crippen LogP contribution in [0.2, 0.25) is 0 Å². The maximum absolute atomic E-state index is 14.0. The lowest BCUT2D eigenvalue weighted by atomic mass is 9.98. The highest BCUT2D eigenvalue weighted by molar-refractivity contribution is 9.09. The predicted molar refractivity (Wildman–Crippen MR) is 80.0 cm³/mol. The minimum atomic E-state index is -0.516. The number of piperidine rings is 1. The van der Waals surface area contributed by atoms with Gasteiger partial charge in [0.2, 0.25) is 0 Å². The number of hydrogen-bond donors (Lipinski definition) is 0. The Hall–Kier alpha value is -1.10. The average molecular weight is 344 g/mol. The molecule has 20 heavy (non-hydrogen) atoms. The molecule has 1 fully saturated rings. The van der Waals surface area contributed by atoms with Crippen LogP contribution in [0.3, 0.4) is 0 Å². The first-order chi connectivity index (χ1) is 9.69. The molecule has 0 bridgehead atoms. The second kappa shape index (κ2) is 7.07. The lowest BCUT2D eigenvalue weighted by Gasteiger charge is -2.36. The van der Waals surface area contributed by atoms with E-state index in [4.69, 9.17) is 4.74 Å². The molecular weight excluding hydrogens is 325 g/mol. The number of carbonyl (C=O) groups is 1. The van der Waals surface area contributed by atoms with Gasteiger partial charge < -0.3 is 9.64 Å². The highest BCUT2D eigenvalue weighted by Gasteiger charge is 2.30. The molecule has 1 aliphatic rings. The first-order valence-electron chi connectivity index (χ1n) is 6.88. The van der Waals surface area contributed by atoms with E-state index in [2.05, 4.69) is 15.9 Å². The van der Waals surface area contributed by atoms with Crippen molar-refractivity contribution in [2.45, 2.75) is 31.7 Å². The molecule has 1 aromatic rings. The number of hydrogen-bond acceptors (Lipinski definition) is 2. The molecule has 1 amide bonds. The molecule has 0 radical (unpaired) electrons. The summed E-state index contributed by atoms with van der Waals surface area (Å²) in [6.45, 7) is 0.688. The van der Waals surface area contributed by atoms with E-state index >= 15 is 0 Å².